The van der Waals surface area contributed by atoms with Crippen molar-refractivity contribution in [3.63, 3.8) is 0 Å². The van der Waals surface area contributed by atoms with Gasteiger partial charge in [0.1, 0.15) is 0 Å². The molecule has 2 atom stereocenters. The summed E-state index contributed by atoms with van der Waals surface area (Å²) in [6, 6.07) is 3.59. The van der Waals surface area contributed by atoms with Crippen LogP contribution in [0.3, 0.4) is 0 Å². The lowest BCUT2D eigenvalue weighted by Gasteiger charge is -2.21. The first-order chi connectivity index (χ1) is 8.08. The maximum atomic E-state index is 12.1. The maximum absolute atomic E-state index is 12.1. The van der Waals surface area contributed by atoms with Crippen LogP contribution in [0.5, 0.6) is 0 Å². The van der Waals surface area contributed by atoms with Crippen LogP contribution in [0.15, 0.2) is 12.1 Å². The Bertz CT molecular complexity index is 410. The second-order valence-electron chi connectivity index (χ2n) is 4.21. The molecule has 0 aliphatic carbocycles. The van der Waals surface area contributed by atoms with Gasteiger partial charge in [0, 0.05) is 18.0 Å². The zero-order valence-corrected chi connectivity index (χ0v) is 11.1. The SMILES string of the molecule is CN(Cc1ccc(Cl)s1)C(=O)C1COCC1N. The van der Waals surface area contributed by atoms with Gasteiger partial charge in [-0.15, -0.1) is 11.3 Å². The molecule has 1 aliphatic rings. The van der Waals surface area contributed by atoms with E-state index in [9.17, 15) is 4.79 Å². The topological polar surface area (TPSA) is 55.6 Å². The Morgan fingerprint density at radius 2 is 2.41 bits per heavy atom. The lowest BCUT2D eigenvalue weighted by molar-refractivity contribution is -0.134. The molecule has 2 heterocycles. The van der Waals surface area contributed by atoms with Gasteiger partial charge in [0.15, 0.2) is 0 Å². The zero-order chi connectivity index (χ0) is 12.4. The van der Waals surface area contributed by atoms with E-state index in [1.54, 1.807) is 11.9 Å². The van der Waals surface area contributed by atoms with Gasteiger partial charge in [-0.25, -0.2) is 0 Å². The predicted molar refractivity (Wildman–Crippen MR) is 68.1 cm³/mol. The molecule has 1 amide bonds. The fourth-order valence-electron chi connectivity index (χ4n) is 1.86. The first-order valence-electron chi connectivity index (χ1n) is 5.40. The molecule has 6 heteroatoms. The number of rotatable bonds is 3. The van der Waals surface area contributed by atoms with Gasteiger partial charge in [0.05, 0.1) is 30.0 Å². The minimum absolute atomic E-state index is 0.0412. The third-order valence-electron chi connectivity index (χ3n) is 2.84. The molecule has 1 aromatic rings. The summed E-state index contributed by atoms with van der Waals surface area (Å²) in [4.78, 5) is 14.9. The molecule has 0 radical (unpaired) electrons. The minimum Gasteiger partial charge on any atom is -0.379 e. The summed E-state index contributed by atoms with van der Waals surface area (Å²) in [6.07, 6.45) is 0. The number of hydrogen-bond acceptors (Lipinski definition) is 4. The van der Waals surface area contributed by atoms with Gasteiger partial charge in [-0.05, 0) is 12.1 Å². The third-order valence-corrected chi connectivity index (χ3v) is 4.06. The Kier molecular flexibility index (Phi) is 4.04. The second-order valence-corrected chi connectivity index (χ2v) is 6.01. The van der Waals surface area contributed by atoms with E-state index < -0.39 is 0 Å². The van der Waals surface area contributed by atoms with Gasteiger partial charge in [-0.3, -0.25) is 4.79 Å². The largest absolute Gasteiger partial charge is 0.379 e. The van der Waals surface area contributed by atoms with E-state index in [1.807, 2.05) is 12.1 Å². The summed E-state index contributed by atoms with van der Waals surface area (Å²) >= 11 is 7.33. The zero-order valence-electron chi connectivity index (χ0n) is 9.56. The number of carbonyl (C=O) groups is 1. The van der Waals surface area contributed by atoms with Gasteiger partial charge in [0.2, 0.25) is 5.91 Å². The Morgan fingerprint density at radius 3 is 2.94 bits per heavy atom. The van der Waals surface area contributed by atoms with Crippen LogP contribution in [0.1, 0.15) is 4.88 Å². The quantitative estimate of drug-likeness (QED) is 0.905. The van der Waals surface area contributed by atoms with E-state index in [-0.39, 0.29) is 17.9 Å². The summed E-state index contributed by atoms with van der Waals surface area (Å²) in [7, 11) is 1.78. The Labute approximate surface area is 109 Å². The fourth-order valence-corrected chi connectivity index (χ4v) is 3.00. The van der Waals surface area contributed by atoms with Crippen LogP contribution >= 0.6 is 22.9 Å². The van der Waals surface area contributed by atoms with E-state index in [0.717, 1.165) is 9.21 Å². The van der Waals surface area contributed by atoms with Crippen molar-refractivity contribution in [3.8, 4) is 0 Å². The highest BCUT2D eigenvalue weighted by Crippen LogP contribution is 2.23. The molecule has 4 nitrogen and oxygen atoms in total. The van der Waals surface area contributed by atoms with Crippen molar-refractivity contribution >= 4 is 28.8 Å². The normalized spacial score (nSPS) is 23.9. The highest BCUT2D eigenvalue weighted by atomic mass is 35.5. The molecule has 0 spiro atoms. The van der Waals surface area contributed by atoms with Crippen molar-refractivity contribution in [1.82, 2.24) is 4.90 Å². The van der Waals surface area contributed by atoms with E-state index in [2.05, 4.69) is 0 Å². The molecule has 0 saturated carbocycles. The lowest BCUT2D eigenvalue weighted by Crippen LogP contribution is -2.41. The summed E-state index contributed by atoms with van der Waals surface area (Å²) in [5.74, 6) is -0.171. The molecule has 0 bridgehead atoms. The molecule has 1 aliphatic heterocycles. The number of halogens is 1. The number of nitrogens with two attached hydrogens (primary N) is 1. The molecule has 1 aromatic heterocycles. The van der Waals surface area contributed by atoms with Crippen molar-refractivity contribution in [2.24, 2.45) is 11.7 Å². The van der Waals surface area contributed by atoms with Gasteiger partial charge in [-0.2, -0.15) is 0 Å². The molecular formula is C11H15ClN2O2S. The Balaban J connectivity index is 1.95. The minimum atomic E-state index is -0.213. The maximum Gasteiger partial charge on any atom is 0.229 e. The summed E-state index contributed by atoms with van der Waals surface area (Å²) < 4.78 is 5.94. The monoisotopic (exact) mass is 274 g/mol. The van der Waals surface area contributed by atoms with E-state index >= 15 is 0 Å². The van der Waals surface area contributed by atoms with Crippen molar-refractivity contribution in [1.29, 1.82) is 0 Å². The second kappa shape index (κ2) is 5.35. The van der Waals surface area contributed by atoms with Crippen LogP contribution in [0.4, 0.5) is 0 Å². The van der Waals surface area contributed by atoms with Gasteiger partial charge in [0.25, 0.3) is 0 Å². The number of carbonyl (C=O) groups excluding carboxylic acids is 1. The molecule has 2 rings (SSSR count). The number of hydrogen-bond donors (Lipinski definition) is 1. The molecule has 1 saturated heterocycles. The molecule has 2 unspecified atom stereocenters. The average Bonchev–Trinajstić information content (AvgIpc) is 2.86. The molecule has 0 aromatic carbocycles. The number of ether oxygens (including phenoxy) is 1. The standard InChI is InChI=1S/C11H15ClN2O2S/c1-14(4-7-2-3-10(12)17-7)11(15)8-5-16-6-9(8)13/h2-3,8-9H,4-6,13H2,1H3. The highest BCUT2D eigenvalue weighted by molar-refractivity contribution is 7.16. The van der Waals surface area contributed by atoms with Crippen molar-refractivity contribution in [3.05, 3.63) is 21.3 Å². The third kappa shape index (κ3) is 2.98. The fraction of sp³-hybridized carbons (Fsp3) is 0.545. The molecule has 94 valence electrons. The van der Waals surface area contributed by atoms with Crippen LogP contribution in [0.25, 0.3) is 0 Å². The number of nitrogens with zero attached hydrogens (tertiary/aromatic N) is 1. The molecule has 17 heavy (non-hydrogen) atoms. The smallest absolute Gasteiger partial charge is 0.229 e. The van der Waals surface area contributed by atoms with Crippen LogP contribution in [-0.4, -0.2) is 37.1 Å². The highest BCUT2D eigenvalue weighted by Gasteiger charge is 2.33. The molecule has 1 fully saturated rings. The van der Waals surface area contributed by atoms with Crippen LogP contribution in [-0.2, 0) is 16.1 Å². The van der Waals surface area contributed by atoms with Gasteiger partial charge in [-0.1, -0.05) is 11.6 Å². The van der Waals surface area contributed by atoms with Crippen LogP contribution < -0.4 is 5.73 Å². The summed E-state index contributed by atoms with van der Waals surface area (Å²) in [5.41, 5.74) is 5.82. The predicted octanol–water partition coefficient (Wildman–Crippen LogP) is 1.33. The summed E-state index contributed by atoms with van der Waals surface area (Å²) in [5, 5.41) is 0. The first-order valence-corrected chi connectivity index (χ1v) is 6.60. The van der Waals surface area contributed by atoms with E-state index in [0.29, 0.717) is 19.8 Å². The first kappa shape index (κ1) is 12.8. The van der Waals surface area contributed by atoms with Crippen LogP contribution in [0, 0.1) is 5.92 Å². The summed E-state index contributed by atoms with van der Waals surface area (Å²) in [6.45, 7) is 1.46. The van der Waals surface area contributed by atoms with Gasteiger partial charge < -0.3 is 15.4 Å². The average molecular weight is 275 g/mol. The molecule has 2 N–H and O–H groups in total. The van der Waals surface area contributed by atoms with Gasteiger partial charge >= 0.3 is 0 Å². The Morgan fingerprint density at radius 1 is 1.65 bits per heavy atom. The Hall–Kier alpha value is -0.620. The number of amides is 1. The van der Waals surface area contributed by atoms with Crippen molar-refractivity contribution < 1.29 is 9.53 Å². The number of thiophene rings is 1. The molecular weight excluding hydrogens is 260 g/mol. The van der Waals surface area contributed by atoms with Crippen LogP contribution in [0.2, 0.25) is 4.34 Å². The van der Waals surface area contributed by atoms with E-state index in [1.165, 1.54) is 11.3 Å². The lowest BCUT2D eigenvalue weighted by atomic mass is 10.0. The van der Waals surface area contributed by atoms with Crippen molar-refractivity contribution in [2.45, 2.75) is 12.6 Å². The van der Waals surface area contributed by atoms with E-state index in [4.69, 9.17) is 22.1 Å². The van der Waals surface area contributed by atoms with Crippen molar-refractivity contribution in [2.75, 3.05) is 20.3 Å².